The van der Waals surface area contributed by atoms with E-state index >= 15 is 0 Å². The summed E-state index contributed by atoms with van der Waals surface area (Å²) in [6, 6.07) is 0.311. The van der Waals surface area contributed by atoms with Crippen molar-refractivity contribution in [1.82, 2.24) is 9.80 Å². The molecule has 2 aliphatic heterocycles. The van der Waals surface area contributed by atoms with E-state index in [1.54, 1.807) is 4.90 Å². The van der Waals surface area contributed by atoms with E-state index in [9.17, 15) is 9.59 Å². The lowest BCUT2D eigenvalue weighted by Crippen LogP contribution is -2.48. The highest BCUT2D eigenvalue weighted by Gasteiger charge is 2.45. The van der Waals surface area contributed by atoms with Crippen LogP contribution in [0.1, 0.15) is 32.6 Å². The first-order chi connectivity index (χ1) is 8.58. The van der Waals surface area contributed by atoms with Gasteiger partial charge in [-0.3, -0.25) is 4.79 Å². The lowest BCUT2D eigenvalue weighted by Gasteiger charge is -2.33. The topological polar surface area (TPSA) is 60.9 Å². The van der Waals surface area contributed by atoms with Gasteiger partial charge in [-0.2, -0.15) is 0 Å². The summed E-state index contributed by atoms with van der Waals surface area (Å²) < 4.78 is 0. The van der Waals surface area contributed by atoms with E-state index in [0.717, 1.165) is 19.4 Å². The molecule has 5 nitrogen and oxygen atoms in total. The average Bonchev–Trinajstić information content (AvgIpc) is 3.01. The predicted molar refractivity (Wildman–Crippen MR) is 65.1 cm³/mol. The van der Waals surface area contributed by atoms with Crippen molar-refractivity contribution in [3.05, 3.63) is 0 Å². The number of carbonyl (C=O) groups is 2. The Bertz CT molecular complexity index is 384. The second kappa shape index (κ2) is 4.14. The number of fused-ring (bicyclic) bond motifs is 2. The number of rotatable bonds is 1. The summed E-state index contributed by atoms with van der Waals surface area (Å²) in [4.78, 5) is 27.3. The zero-order chi connectivity index (χ0) is 12.9. The van der Waals surface area contributed by atoms with Crippen molar-refractivity contribution < 1.29 is 14.7 Å². The number of hydrogen-bond donors (Lipinski definition) is 1. The molecule has 1 aliphatic carbocycles. The second-order valence-electron chi connectivity index (χ2n) is 5.94. The molecule has 1 N–H and O–H groups in total. The van der Waals surface area contributed by atoms with Crippen LogP contribution < -0.4 is 0 Å². The molecule has 2 heterocycles. The smallest absolute Gasteiger partial charge is 0.320 e. The Morgan fingerprint density at radius 3 is 2.44 bits per heavy atom. The van der Waals surface area contributed by atoms with Gasteiger partial charge in [-0.05, 0) is 38.5 Å². The van der Waals surface area contributed by atoms with Crippen molar-refractivity contribution in [2.24, 2.45) is 11.8 Å². The van der Waals surface area contributed by atoms with E-state index in [0.29, 0.717) is 24.9 Å². The number of carboxylic acids is 1. The van der Waals surface area contributed by atoms with Crippen molar-refractivity contribution in [1.29, 1.82) is 0 Å². The molecule has 3 rings (SSSR count). The van der Waals surface area contributed by atoms with Crippen molar-refractivity contribution in [3.63, 3.8) is 0 Å². The Balaban J connectivity index is 1.69. The second-order valence-corrected chi connectivity index (χ2v) is 5.94. The van der Waals surface area contributed by atoms with E-state index in [-0.39, 0.29) is 12.1 Å². The number of carboxylic acid groups (broad SMARTS) is 1. The third-order valence-electron chi connectivity index (χ3n) is 4.97. The predicted octanol–water partition coefficient (Wildman–Crippen LogP) is 1.39. The van der Waals surface area contributed by atoms with Crippen molar-refractivity contribution in [2.45, 2.75) is 44.7 Å². The van der Waals surface area contributed by atoms with Crippen LogP contribution >= 0.6 is 0 Å². The lowest BCUT2D eigenvalue weighted by molar-refractivity contribution is -0.142. The van der Waals surface area contributed by atoms with Gasteiger partial charge in [0.1, 0.15) is 0 Å². The molecule has 0 radical (unpaired) electrons. The first-order valence-electron chi connectivity index (χ1n) is 6.88. The molecule has 2 amide bonds. The summed E-state index contributed by atoms with van der Waals surface area (Å²) >= 11 is 0. The SMILES string of the molecule is CC1C(C(=O)O)CCN1C(=O)N1CC2CCC1C2. The van der Waals surface area contributed by atoms with Gasteiger partial charge in [-0.1, -0.05) is 0 Å². The van der Waals surface area contributed by atoms with Gasteiger partial charge in [0.2, 0.25) is 0 Å². The first kappa shape index (κ1) is 11.8. The van der Waals surface area contributed by atoms with Crippen LogP contribution in [-0.2, 0) is 4.79 Å². The van der Waals surface area contributed by atoms with Crippen LogP contribution in [0, 0.1) is 11.8 Å². The summed E-state index contributed by atoms with van der Waals surface area (Å²) in [5.74, 6) is -0.485. The van der Waals surface area contributed by atoms with Crippen LogP contribution in [0.4, 0.5) is 4.79 Å². The number of urea groups is 1. The Morgan fingerprint density at radius 1 is 1.17 bits per heavy atom. The number of carbonyl (C=O) groups excluding carboxylic acids is 1. The standard InChI is InChI=1S/C13H20N2O3/c1-8-11(12(16)17)4-5-14(8)13(18)15-7-9-2-3-10(15)6-9/h8-11H,2-7H2,1H3,(H,16,17). The van der Waals surface area contributed by atoms with Crippen LogP contribution in [0.15, 0.2) is 0 Å². The average molecular weight is 252 g/mol. The summed E-state index contributed by atoms with van der Waals surface area (Å²) in [7, 11) is 0. The minimum atomic E-state index is -0.777. The molecule has 0 spiro atoms. The van der Waals surface area contributed by atoms with Gasteiger partial charge in [0.15, 0.2) is 0 Å². The molecular formula is C13H20N2O3. The molecule has 18 heavy (non-hydrogen) atoms. The number of nitrogens with zero attached hydrogens (tertiary/aromatic N) is 2. The van der Waals surface area contributed by atoms with Gasteiger partial charge < -0.3 is 14.9 Å². The van der Waals surface area contributed by atoms with Gasteiger partial charge in [-0.15, -0.1) is 0 Å². The van der Waals surface area contributed by atoms with E-state index < -0.39 is 11.9 Å². The van der Waals surface area contributed by atoms with Gasteiger partial charge >= 0.3 is 12.0 Å². The molecular weight excluding hydrogens is 232 g/mol. The summed E-state index contributed by atoms with van der Waals surface area (Å²) in [5, 5.41) is 9.10. The van der Waals surface area contributed by atoms with Crippen LogP contribution in [-0.4, -0.2) is 52.1 Å². The molecule has 5 heteroatoms. The maximum Gasteiger partial charge on any atom is 0.320 e. The largest absolute Gasteiger partial charge is 0.481 e. The fourth-order valence-corrected chi connectivity index (χ4v) is 3.86. The highest BCUT2D eigenvalue weighted by atomic mass is 16.4. The summed E-state index contributed by atoms with van der Waals surface area (Å²) in [6.07, 6.45) is 4.11. The zero-order valence-electron chi connectivity index (χ0n) is 10.7. The molecule has 3 fully saturated rings. The van der Waals surface area contributed by atoms with Crippen molar-refractivity contribution in [3.8, 4) is 0 Å². The Morgan fingerprint density at radius 2 is 1.94 bits per heavy atom. The first-order valence-corrected chi connectivity index (χ1v) is 6.88. The minimum Gasteiger partial charge on any atom is -0.481 e. The van der Waals surface area contributed by atoms with Crippen LogP contribution in [0.3, 0.4) is 0 Å². The monoisotopic (exact) mass is 252 g/mol. The number of amides is 2. The minimum absolute atomic E-state index is 0.0680. The molecule has 0 aromatic carbocycles. The molecule has 4 unspecified atom stereocenters. The summed E-state index contributed by atoms with van der Waals surface area (Å²) in [6.45, 7) is 3.33. The van der Waals surface area contributed by atoms with Gasteiger partial charge in [0.05, 0.1) is 5.92 Å². The van der Waals surface area contributed by atoms with Crippen LogP contribution in [0.5, 0.6) is 0 Å². The lowest BCUT2D eigenvalue weighted by atomic mass is 10.0. The van der Waals surface area contributed by atoms with Crippen molar-refractivity contribution >= 4 is 12.0 Å². The molecule has 4 atom stereocenters. The van der Waals surface area contributed by atoms with Crippen LogP contribution in [0.25, 0.3) is 0 Å². The molecule has 3 aliphatic rings. The normalized spacial score (nSPS) is 38.5. The molecule has 100 valence electrons. The third kappa shape index (κ3) is 1.68. The Kier molecular flexibility index (Phi) is 2.72. The van der Waals surface area contributed by atoms with E-state index in [4.69, 9.17) is 5.11 Å². The van der Waals surface area contributed by atoms with Crippen molar-refractivity contribution in [2.75, 3.05) is 13.1 Å². The Labute approximate surface area is 107 Å². The third-order valence-corrected chi connectivity index (χ3v) is 4.97. The number of likely N-dealkylation sites (tertiary alicyclic amines) is 2. The zero-order valence-corrected chi connectivity index (χ0v) is 10.7. The van der Waals surface area contributed by atoms with Crippen LogP contribution in [0.2, 0.25) is 0 Å². The highest BCUT2D eigenvalue weighted by Crippen LogP contribution is 2.39. The molecule has 0 aromatic rings. The number of piperidine rings is 1. The number of aliphatic carboxylic acids is 1. The molecule has 2 bridgehead atoms. The molecule has 1 saturated carbocycles. The van der Waals surface area contributed by atoms with E-state index in [2.05, 4.69) is 0 Å². The van der Waals surface area contributed by atoms with E-state index in [1.807, 2.05) is 11.8 Å². The van der Waals surface area contributed by atoms with Gasteiger partial charge in [-0.25, -0.2) is 4.79 Å². The Hall–Kier alpha value is -1.26. The van der Waals surface area contributed by atoms with Gasteiger partial charge in [0.25, 0.3) is 0 Å². The highest BCUT2D eigenvalue weighted by molar-refractivity contribution is 5.79. The summed E-state index contributed by atoms with van der Waals surface area (Å²) in [5.41, 5.74) is 0. The van der Waals surface area contributed by atoms with E-state index in [1.165, 1.54) is 6.42 Å². The maximum atomic E-state index is 12.5. The number of hydrogen-bond acceptors (Lipinski definition) is 2. The molecule has 0 aromatic heterocycles. The molecule has 2 saturated heterocycles. The quantitative estimate of drug-likeness (QED) is 0.767. The van der Waals surface area contributed by atoms with Gasteiger partial charge in [0, 0.05) is 25.2 Å². The fourth-order valence-electron chi connectivity index (χ4n) is 3.86. The maximum absolute atomic E-state index is 12.5. The fraction of sp³-hybridized carbons (Fsp3) is 0.846.